The van der Waals surface area contributed by atoms with E-state index in [0.717, 1.165) is 52.5 Å². The van der Waals surface area contributed by atoms with Gasteiger partial charge in [0.05, 0.1) is 22.2 Å². The van der Waals surface area contributed by atoms with Crippen molar-refractivity contribution in [2.75, 3.05) is 39.4 Å². The molecule has 0 bridgehead atoms. The summed E-state index contributed by atoms with van der Waals surface area (Å²) in [4.78, 5) is 30.0. The number of unbranched alkanes of at least 4 members (excludes halogenated alkanes) is 2. The molecule has 1 aliphatic rings. The van der Waals surface area contributed by atoms with Crippen LogP contribution in [0.1, 0.15) is 66.7 Å². The van der Waals surface area contributed by atoms with Gasteiger partial charge in [0, 0.05) is 37.3 Å². The lowest BCUT2D eigenvalue weighted by molar-refractivity contribution is 0.0718. The van der Waals surface area contributed by atoms with Crippen molar-refractivity contribution in [1.82, 2.24) is 9.80 Å². The van der Waals surface area contributed by atoms with Gasteiger partial charge in [-0.2, -0.15) is 0 Å². The molecule has 0 radical (unpaired) electrons. The normalized spacial score (nSPS) is 13.9. The molecule has 1 saturated heterocycles. The number of halogens is 2. The summed E-state index contributed by atoms with van der Waals surface area (Å²) in [5.41, 5.74) is 1.23. The fraction of sp³-hybridized carbons (Fsp3) is 0.481. The second-order valence-corrected chi connectivity index (χ2v) is 10.3. The number of ether oxygens (including phenoxy) is 2. The topological polar surface area (TPSA) is 59.1 Å². The fourth-order valence-corrected chi connectivity index (χ4v) is 4.83. The van der Waals surface area contributed by atoms with E-state index in [9.17, 15) is 9.59 Å². The zero-order chi connectivity index (χ0) is 25.2. The van der Waals surface area contributed by atoms with Gasteiger partial charge in [-0.05, 0) is 87.5 Å². The van der Waals surface area contributed by atoms with E-state index in [1.54, 1.807) is 0 Å². The lowest BCUT2D eigenvalue weighted by Gasteiger charge is -2.23. The van der Waals surface area contributed by atoms with Crippen molar-refractivity contribution in [3.8, 4) is 11.5 Å². The van der Waals surface area contributed by atoms with Crippen molar-refractivity contribution in [2.24, 2.45) is 0 Å². The van der Waals surface area contributed by atoms with Crippen LogP contribution in [0.5, 0.6) is 11.5 Å². The summed E-state index contributed by atoms with van der Waals surface area (Å²) >= 11 is 7.06. The SMILES string of the molecule is CCCCOc1ccc(C(=O)N2CCCN(C(=O)c3ccc(OCCCC)c(Br)c3)CC2)cc1Br. The molecule has 0 aromatic heterocycles. The predicted octanol–water partition coefficient (Wildman–Crippen LogP) is 6.56. The minimum absolute atomic E-state index is 0.0311. The van der Waals surface area contributed by atoms with Crippen LogP contribution in [-0.4, -0.2) is 61.0 Å². The highest BCUT2D eigenvalue weighted by molar-refractivity contribution is 9.10. The molecule has 190 valence electrons. The van der Waals surface area contributed by atoms with Crippen LogP contribution in [0, 0.1) is 0 Å². The van der Waals surface area contributed by atoms with Gasteiger partial charge in [0.1, 0.15) is 11.5 Å². The van der Waals surface area contributed by atoms with E-state index in [1.165, 1.54) is 0 Å². The zero-order valence-electron chi connectivity index (χ0n) is 20.5. The average molecular weight is 610 g/mol. The lowest BCUT2D eigenvalue weighted by Crippen LogP contribution is -2.37. The third-order valence-corrected chi connectivity index (χ3v) is 7.18. The van der Waals surface area contributed by atoms with Crippen LogP contribution >= 0.6 is 31.9 Å². The van der Waals surface area contributed by atoms with Crippen molar-refractivity contribution in [3.05, 3.63) is 56.5 Å². The summed E-state index contributed by atoms with van der Waals surface area (Å²) in [6, 6.07) is 10.9. The highest BCUT2D eigenvalue weighted by Gasteiger charge is 2.24. The van der Waals surface area contributed by atoms with Gasteiger partial charge in [0.15, 0.2) is 0 Å². The van der Waals surface area contributed by atoms with Crippen molar-refractivity contribution >= 4 is 43.7 Å². The standard InChI is InChI=1S/C27H34Br2N2O4/c1-3-5-16-34-24-10-8-20(18-22(24)28)26(32)30-12-7-13-31(15-14-30)27(33)21-9-11-25(23(29)19-21)35-17-6-4-2/h8-11,18-19H,3-7,12-17H2,1-2H3. The quantitative estimate of drug-likeness (QED) is 0.286. The zero-order valence-corrected chi connectivity index (χ0v) is 23.7. The Bertz CT molecular complexity index is 935. The molecule has 2 amide bonds. The van der Waals surface area contributed by atoms with E-state index in [0.29, 0.717) is 50.5 Å². The highest BCUT2D eigenvalue weighted by Crippen LogP contribution is 2.28. The Morgan fingerprint density at radius 2 is 1.17 bits per heavy atom. The van der Waals surface area contributed by atoms with E-state index in [1.807, 2.05) is 46.2 Å². The van der Waals surface area contributed by atoms with E-state index in [-0.39, 0.29) is 11.8 Å². The van der Waals surface area contributed by atoms with Crippen LogP contribution in [0.25, 0.3) is 0 Å². The minimum atomic E-state index is -0.0311. The van der Waals surface area contributed by atoms with Gasteiger partial charge in [-0.25, -0.2) is 0 Å². The van der Waals surface area contributed by atoms with Gasteiger partial charge in [-0.1, -0.05) is 26.7 Å². The maximum absolute atomic E-state index is 13.2. The molecular weight excluding hydrogens is 576 g/mol. The van der Waals surface area contributed by atoms with Gasteiger partial charge in [0.25, 0.3) is 11.8 Å². The first-order valence-corrected chi connectivity index (χ1v) is 14.0. The number of nitrogens with zero attached hydrogens (tertiary/aromatic N) is 2. The summed E-state index contributed by atoms with van der Waals surface area (Å²) in [7, 11) is 0. The molecule has 2 aromatic rings. The van der Waals surface area contributed by atoms with Crippen LogP contribution < -0.4 is 9.47 Å². The van der Waals surface area contributed by atoms with Crippen LogP contribution in [-0.2, 0) is 0 Å². The van der Waals surface area contributed by atoms with Crippen molar-refractivity contribution < 1.29 is 19.1 Å². The fourth-order valence-electron chi connectivity index (χ4n) is 3.84. The van der Waals surface area contributed by atoms with Crippen LogP contribution in [0.2, 0.25) is 0 Å². The number of hydrogen-bond donors (Lipinski definition) is 0. The maximum atomic E-state index is 13.2. The Kier molecular flexibility index (Phi) is 10.9. The summed E-state index contributed by atoms with van der Waals surface area (Å²) in [5, 5.41) is 0. The Balaban J connectivity index is 1.59. The van der Waals surface area contributed by atoms with Crippen molar-refractivity contribution in [1.29, 1.82) is 0 Å². The molecule has 1 fully saturated rings. The Hall–Kier alpha value is -2.06. The first kappa shape index (κ1) is 27.5. The Labute approximate surface area is 225 Å². The monoisotopic (exact) mass is 608 g/mol. The number of hydrogen-bond acceptors (Lipinski definition) is 4. The Morgan fingerprint density at radius 1 is 0.743 bits per heavy atom. The molecule has 0 spiro atoms. The first-order valence-electron chi connectivity index (χ1n) is 12.4. The molecule has 6 nitrogen and oxygen atoms in total. The van der Waals surface area contributed by atoms with E-state index in [2.05, 4.69) is 45.7 Å². The molecule has 1 heterocycles. The van der Waals surface area contributed by atoms with E-state index in [4.69, 9.17) is 9.47 Å². The van der Waals surface area contributed by atoms with Crippen molar-refractivity contribution in [3.63, 3.8) is 0 Å². The lowest BCUT2D eigenvalue weighted by atomic mass is 10.2. The number of rotatable bonds is 10. The predicted molar refractivity (Wildman–Crippen MR) is 146 cm³/mol. The second-order valence-electron chi connectivity index (χ2n) is 8.63. The third kappa shape index (κ3) is 7.71. The summed E-state index contributed by atoms with van der Waals surface area (Å²) in [5.74, 6) is 1.43. The third-order valence-electron chi connectivity index (χ3n) is 5.94. The van der Waals surface area contributed by atoms with Gasteiger partial charge in [-0.3, -0.25) is 9.59 Å². The number of carbonyl (C=O) groups excluding carboxylic acids is 2. The van der Waals surface area contributed by atoms with Gasteiger partial charge >= 0.3 is 0 Å². The van der Waals surface area contributed by atoms with Gasteiger partial charge < -0.3 is 19.3 Å². The average Bonchev–Trinajstić information content (AvgIpc) is 3.11. The molecule has 0 N–H and O–H groups in total. The highest BCUT2D eigenvalue weighted by atomic mass is 79.9. The molecular formula is C27H34Br2N2O4. The van der Waals surface area contributed by atoms with Crippen molar-refractivity contribution in [2.45, 2.75) is 46.0 Å². The molecule has 2 aromatic carbocycles. The summed E-state index contributed by atoms with van der Waals surface area (Å²) in [6.45, 7) is 7.77. The van der Waals surface area contributed by atoms with Crippen LogP contribution in [0.3, 0.4) is 0 Å². The molecule has 35 heavy (non-hydrogen) atoms. The molecule has 1 aliphatic heterocycles. The summed E-state index contributed by atoms with van der Waals surface area (Å²) < 4.78 is 13.1. The molecule has 0 unspecified atom stereocenters. The molecule has 0 saturated carbocycles. The van der Waals surface area contributed by atoms with Gasteiger partial charge in [0.2, 0.25) is 0 Å². The maximum Gasteiger partial charge on any atom is 0.253 e. The first-order chi connectivity index (χ1) is 16.9. The molecule has 8 heteroatoms. The largest absolute Gasteiger partial charge is 0.492 e. The number of carbonyl (C=O) groups is 2. The summed E-state index contributed by atoms with van der Waals surface area (Å²) in [6.07, 6.45) is 4.85. The minimum Gasteiger partial charge on any atom is -0.492 e. The number of amides is 2. The Morgan fingerprint density at radius 3 is 1.54 bits per heavy atom. The molecule has 3 rings (SSSR count). The second kappa shape index (κ2) is 13.9. The molecule has 0 atom stereocenters. The molecule has 0 aliphatic carbocycles. The van der Waals surface area contributed by atoms with Gasteiger partial charge in [-0.15, -0.1) is 0 Å². The number of benzene rings is 2. The van der Waals surface area contributed by atoms with Crippen LogP contribution in [0.15, 0.2) is 45.3 Å². The smallest absolute Gasteiger partial charge is 0.253 e. The van der Waals surface area contributed by atoms with Crippen LogP contribution in [0.4, 0.5) is 0 Å². The van der Waals surface area contributed by atoms with E-state index >= 15 is 0 Å². The van der Waals surface area contributed by atoms with E-state index < -0.39 is 0 Å².